The summed E-state index contributed by atoms with van der Waals surface area (Å²) in [6.45, 7) is -0.100. The average Bonchev–Trinajstić information content (AvgIpc) is 3.27. The minimum atomic E-state index is -1.06. The number of amides is 1. The Bertz CT molecular complexity index is 563. The number of rotatable bonds is 7. The van der Waals surface area contributed by atoms with E-state index in [0.29, 0.717) is 17.1 Å². The first-order valence-corrected chi connectivity index (χ1v) is 6.59. The lowest BCUT2D eigenvalue weighted by molar-refractivity contribution is -0.131. The van der Waals surface area contributed by atoms with Crippen molar-refractivity contribution in [3.8, 4) is 11.5 Å². The van der Waals surface area contributed by atoms with Crippen molar-refractivity contribution in [3.63, 3.8) is 0 Å². The molecule has 6 heteroatoms. The summed E-state index contributed by atoms with van der Waals surface area (Å²) >= 11 is 0. The first kappa shape index (κ1) is 14.9. The van der Waals surface area contributed by atoms with Crippen LogP contribution in [0.2, 0.25) is 0 Å². The third kappa shape index (κ3) is 4.83. The fraction of sp³-hybridized carbons (Fsp3) is 0.333. The summed E-state index contributed by atoms with van der Waals surface area (Å²) in [6.07, 6.45) is 4.44. The quantitative estimate of drug-likeness (QED) is 0.743. The maximum absolute atomic E-state index is 11.6. The Labute approximate surface area is 122 Å². The Hall–Kier alpha value is -2.50. The average molecular weight is 291 g/mol. The van der Waals surface area contributed by atoms with Gasteiger partial charge in [-0.25, -0.2) is 4.79 Å². The maximum Gasteiger partial charge on any atom is 0.328 e. The zero-order chi connectivity index (χ0) is 15.2. The van der Waals surface area contributed by atoms with Crippen molar-refractivity contribution < 1.29 is 24.2 Å². The van der Waals surface area contributed by atoms with E-state index in [1.54, 1.807) is 18.2 Å². The summed E-state index contributed by atoms with van der Waals surface area (Å²) in [5.41, 5.74) is 0.538. The van der Waals surface area contributed by atoms with Crippen LogP contribution in [0.3, 0.4) is 0 Å². The molecule has 2 rings (SSSR count). The van der Waals surface area contributed by atoms with Crippen LogP contribution in [0.1, 0.15) is 18.4 Å². The number of carbonyl (C=O) groups excluding carboxylic acids is 1. The fourth-order valence-corrected chi connectivity index (χ4v) is 1.72. The molecular formula is C15H17NO5. The number of hydrogen-bond acceptors (Lipinski definition) is 4. The number of methoxy groups -OCH3 is 1. The number of aliphatic carboxylic acids is 1. The first-order chi connectivity index (χ1) is 10.1. The highest BCUT2D eigenvalue weighted by atomic mass is 16.5. The second kappa shape index (κ2) is 6.78. The third-order valence-electron chi connectivity index (χ3n) is 2.92. The van der Waals surface area contributed by atoms with E-state index in [1.165, 1.54) is 13.2 Å². The van der Waals surface area contributed by atoms with Crippen LogP contribution in [-0.2, 0) is 9.59 Å². The molecule has 1 aliphatic rings. The predicted molar refractivity (Wildman–Crippen MR) is 76.3 cm³/mol. The minimum Gasteiger partial charge on any atom is -0.497 e. The molecule has 1 aromatic rings. The molecule has 0 bridgehead atoms. The molecule has 1 aliphatic carbocycles. The molecule has 0 unspecified atom stereocenters. The normalized spacial score (nSPS) is 14.0. The second-order valence-electron chi connectivity index (χ2n) is 4.71. The van der Waals surface area contributed by atoms with Crippen LogP contribution in [0.5, 0.6) is 11.5 Å². The van der Waals surface area contributed by atoms with Crippen molar-refractivity contribution in [2.45, 2.75) is 18.9 Å². The van der Waals surface area contributed by atoms with Crippen molar-refractivity contribution in [1.29, 1.82) is 0 Å². The van der Waals surface area contributed by atoms with Crippen molar-refractivity contribution >= 4 is 18.0 Å². The molecule has 1 aromatic carbocycles. The molecule has 0 spiro atoms. The molecule has 1 amide bonds. The molecule has 6 nitrogen and oxygen atoms in total. The molecule has 112 valence electrons. The van der Waals surface area contributed by atoms with Gasteiger partial charge in [-0.15, -0.1) is 0 Å². The molecule has 1 saturated carbocycles. The monoisotopic (exact) mass is 291 g/mol. The zero-order valence-electron chi connectivity index (χ0n) is 11.7. The molecule has 2 N–H and O–H groups in total. The van der Waals surface area contributed by atoms with Gasteiger partial charge in [-0.3, -0.25) is 4.79 Å². The Kier molecular flexibility index (Phi) is 4.81. The van der Waals surface area contributed by atoms with Gasteiger partial charge in [0.1, 0.15) is 11.5 Å². The molecule has 0 heterocycles. The summed E-state index contributed by atoms with van der Waals surface area (Å²) in [4.78, 5) is 22.2. The Morgan fingerprint density at radius 1 is 1.43 bits per heavy atom. The van der Waals surface area contributed by atoms with E-state index in [4.69, 9.17) is 14.6 Å². The molecule has 0 saturated heterocycles. The number of carbonyl (C=O) groups is 2. The predicted octanol–water partition coefficient (Wildman–Crippen LogP) is 1.45. The van der Waals surface area contributed by atoms with Gasteiger partial charge >= 0.3 is 5.97 Å². The van der Waals surface area contributed by atoms with E-state index < -0.39 is 5.97 Å². The van der Waals surface area contributed by atoms with Gasteiger partial charge < -0.3 is 19.9 Å². The number of nitrogens with one attached hydrogen (secondary N) is 1. The lowest BCUT2D eigenvalue weighted by atomic mass is 10.1. The van der Waals surface area contributed by atoms with Crippen LogP contribution in [0.25, 0.3) is 6.08 Å². The standard InChI is InChI=1S/C15H17NO5/c1-20-12-5-6-13(10(8-12)2-7-15(18)19)21-9-14(17)16-11-3-4-11/h2,5-8,11H,3-4,9H2,1H3,(H,16,17)(H,18,19)/b7-2+. The van der Waals surface area contributed by atoms with Crippen molar-refractivity contribution in [3.05, 3.63) is 29.8 Å². The summed E-state index contributed by atoms with van der Waals surface area (Å²) in [5.74, 6) is -0.231. The lowest BCUT2D eigenvalue weighted by Gasteiger charge is -2.10. The van der Waals surface area contributed by atoms with Gasteiger partial charge in [-0.05, 0) is 37.1 Å². The molecule has 0 aromatic heterocycles. The van der Waals surface area contributed by atoms with Crippen LogP contribution in [0, 0.1) is 0 Å². The number of carboxylic acids is 1. The van der Waals surface area contributed by atoms with E-state index in [0.717, 1.165) is 18.9 Å². The SMILES string of the molecule is COc1ccc(OCC(=O)NC2CC2)c(/C=C/C(=O)O)c1. The molecule has 21 heavy (non-hydrogen) atoms. The maximum atomic E-state index is 11.6. The Morgan fingerprint density at radius 2 is 2.19 bits per heavy atom. The molecular weight excluding hydrogens is 274 g/mol. The Balaban J connectivity index is 2.05. The second-order valence-corrected chi connectivity index (χ2v) is 4.71. The summed E-state index contributed by atoms with van der Waals surface area (Å²) in [7, 11) is 1.52. The smallest absolute Gasteiger partial charge is 0.328 e. The van der Waals surface area contributed by atoms with Gasteiger partial charge in [-0.1, -0.05) is 0 Å². The number of hydrogen-bond donors (Lipinski definition) is 2. The van der Waals surface area contributed by atoms with Gasteiger partial charge in [-0.2, -0.15) is 0 Å². The summed E-state index contributed by atoms with van der Waals surface area (Å²) in [6, 6.07) is 5.26. The van der Waals surface area contributed by atoms with Gasteiger partial charge in [0.15, 0.2) is 6.61 Å². The van der Waals surface area contributed by atoms with E-state index in [2.05, 4.69) is 5.32 Å². The number of carboxylic acid groups (broad SMARTS) is 1. The van der Waals surface area contributed by atoms with Crippen LogP contribution < -0.4 is 14.8 Å². The van der Waals surface area contributed by atoms with E-state index >= 15 is 0 Å². The van der Waals surface area contributed by atoms with Gasteiger partial charge in [0.2, 0.25) is 0 Å². The van der Waals surface area contributed by atoms with E-state index in [-0.39, 0.29) is 18.6 Å². The number of ether oxygens (including phenoxy) is 2. The molecule has 0 aliphatic heterocycles. The zero-order valence-corrected chi connectivity index (χ0v) is 11.7. The molecule has 0 atom stereocenters. The highest BCUT2D eigenvalue weighted by Gasteiger charge is 2.23. The van der Waals surface area contributed by atoms with Crippen LogP contribution in [-0.4, -0.2) is 36.7 Å². The Morgan fingerprint density at radius 3 is 2.81 bits per heavy atom. The highest BCUT2D eigenvalue weighted by molar-refractivity contribution is 5.86. The van der Waals surface area contributed by atoms with Gasteiger partial charge in [0.05, 0.1) is 7.11 Å². The van der Waals surface area contributed by atoms with Crippen LogP contribution >= 0.6 is 0 Å². The largest absolute Gasteiger partial charge is 0.497 e. The lowest BCUT2D eigenvalue weighted by Crippen LogP contribution is -2.30. The highest BCUT2D eigenvalue weighted by Crippen LogP contribution is 2.25. The molecule has 1 fully saturated rings. The third-order valence-corrected chi connectivity index (χ3v) is 2.92. The fourth-order valence-electron chi connectivity index (χ4n) is 1.72. The van der Waals surface area contributed by atoms with Crippen LogP contribution in [0.4, 0.5) is 0 Å². The molecule has 0 radical (unpaired) electrons. The van der Waals surface area contributed by atoms with Crippen LogP contribution in [0.15, 0.2) is 24.3 Å². The number of benzene rings is 1. The van der Waals surface area contributed by atoms with E-state index in [9.17, 15) is 9.59 Å². The summed E-state index contributed by atoms with van der Waals surface area (Å²) in [5, 5.41) is 11.5. The summed E-state index contributed by atoms with van der Waals surface area (Å²) < 4.78 is 10.5. The van der Waals surface area contributed by atoms with Crippen molar-refractivity contribution in [2.24, 2.45) is 0 Å². The van der Waals surface area contributed by atoms with Crippen molar-refractivity contribution in [2.75, 3.05) is 13.7 Å². The minimum absolute atomic E-state index is 0.100. The first-order valence-electron chi connectivity index (χ1n) is 6.59. The topological polar surface area (TPSA) is 84.9 Å². The van der Waals surface area contributed by atoms with Gasteiger partial charge in [0, 0.05) is 17.7 Å². The van der Waals surface area contributed by atoms with Gasteiger partial charge in [0.25, 0.3) is 5.91 Å². The van der Waals surface area contributed by atoms with Crippen molar-refractivity contribution in [1.82, 2.24) is 5.32 Å². The van der Waals surface area contributed by atoms with E-state index in [1.807, 2.05) is 0 Å².